The van der Waals surface area contributed by atoms with E-state index < -0.39 is 40.3 Å². The van der Waals surface area contributed by atoms with Crippen molar-refractivity contribution in [3.05, 3.63) is 89.6 Å². The van der Waals surface area contributed by atoms with E-state index in [1.54, 1.807) is 29.4 Å². The van der Waals surface area contributed by atoms with Crippen LogP contribution in [0.1, 0.15) is 49.9 Å². The van der Waals surface area contributed by atoms with Crippen LogP contribution in [-0.4, -0.2) is 22.2 Å². The fraction of sp³-hybridized carbons (Fsp3) is 0.258. The van der Waals surface area contributed by atoms with Crippen LogP contribution in [0.15, 0.2) is 66.7 Å². The largest absolute Gasteiger partial charge is 0.313 e. The van der Waals surface area contributed by atoms with E-state index in [0.717, 1.165) is 5.56 Å². The maximum atomic E-state index is 14.7. The number of benzene rings is 3. The molecule has 2 aliphatic heterocycles. The summed E-state index contributed by atoms with van der Waals surface area (Å²) in [6, 6.07) is 17.1. The Kier molecular flexibility index (Phi) is 5.18. The molecule has 0 N–H and O–H groups in total. The van der Waals surface area contributed by atoms with Gasteiger partial charge < -0.3 is 4.57 Å². The van der Waals surface area contributed by atoms with Gasteiger partial charge in [-0.05, 0) is 89.2 Å². The van der Waals surface area contributed by atoms with Gasteiger partial charge in [-0.3, -0.25) is 24.2 Å². The molecule has 1 atom stereocenters. The summed E-state index contributed by atoms with van der Waals surface area (Å²) in [6.45, 7) is 8.68. The molecule has 6 rings (SSSR count). The summed E-state index contributed by atoms with van der Waals surface area (Å²) in [6.07, 6.45) is -0.632. The summed E-state index contributed by atoms with van der Waals surface area (Å²) in [5.74, 6) is -2.07. The molecule has 2 aliphatic rings. The summed E-state index contributed by atoms with van der Waals surface area (Å²) in [7, 11) is 0. The number of β-lactam (4-membered cyclic amide) rings is 1. The van der Waals surface area contributed by atoms with Crippen LogP contribution in [0, 0.1) is 29.4 Å². The molecule has 3 aromatic carbocycles. The zero-order valence-corrected chi connectivity index (χ0v) is 22.3. The lowest BCUT2D eigenvalue weighted by atomic mass is 9.76. The summed E-state index contributed by atoms with van der Waals surface area (Å²) in [5.41, 5.74) is 0.607. The number of carbonyl (C=O) groups excluding carboxylic acids is 3. The standard InChI is InChI=1S/C31H27F2N3O3/c1-17-6-11-21(12-7-17)35-27(31(4,5)29(35)39)36-23-15-10-19(33)16-22(23)24-25(36)26(37)30(2,3)28(38)34(24)20-13-8-18(32)9-14-20/h6-16,27H,1-5H3. The number of aryl methyl sites for hydroxylation is 1. The summed E-state index contributed by atoms with van der Waals surface area (Å²) in [5, 5.41) is 0.352. The molecule has 3 heterocycles. The second kappa shape index (κ2) is 8.09. The molecule has 198 valence electrons. The van der Waals surface area contributed by atoms with Crippen LogP contribution in [0.5, 0.6) is 0 Å². The van der Waals surface area contributed by atoms with Crippen molar-refractivity contribution in [2.75, 3.05) is 9.80 Å². The summed E-state index contributed by atoms with van der Waals surface area (Å²) >= 11 is 0. The molecule has 6 nitrogen and oxygen atoms in total. The van der Waals surface area contributed by atoms with Gasteiger partial charge in [0.15, 0.2) is 5.78 Å². The third-order valence-electron chi connectivity index (χ3n) is 7.98. The minimum atomic E-state index is -1.47. The first-order valence-corrected chi connectivity index (χ1v) is 12.7. The number of anilines is 3. The number of hydrogen-bond acceptors (Lipinski definition) is 3. The smallest absolute Gasteiger partial charge is 0.245 e. The lowest BCUT2D eigenvalue weighted by Gasteiger charge is -2.54. The van der Waals surface area contributed by atoms with Crippen LogP contribution < -0.4 is 9.80 Å². The van der Waals surface area contributed by atoms with Gasteiger partial charge in [0, 0.05) is 16.8 Å². The Morgan fingerprint density at radius 3 is 1.97 bits per heavy atom. The fourth-order valence-corrected chi connectivity index (χ4v) is 5.77. The lowest BCUT2D eigenvalue weighted by molar-refractivity contribution is -0.140. The molecule has 4 aromatic rings. The monoisotopic (exact) mass is 527 g/mol. The average molecular weight is 528 g/mol. The highest BCUT2D eigenvalue weighted by molar-refractivity contribution is 6.30. The van der Waals surface area contributed by atoms with Gasteiger partial charge >= 0.3 is 0 Å². The Morgan fingerprint density at radius 2 is 1.33 bits per heavy atom. The van der Waals surface area contributed by atoms with E-state index in [2.05, 4.69) is 0 Å². The quantitative estimate of drug-likeness (QED) is 0.220. The van der Waals surface area contributed by atoms with Crippen molar-refractivity contribution in [1.29, 1.82) is 0 Å². The minimum Gasteiger partial charge on any atom is -0.313 e. The number of amides is 2. The molecule has 1 saturated heterocycles. The average Bonchev–Trinajstić information content (AvgIpc) is 3.20. The van der Waals surface area contributed by atoms with Crippen LogP contribution >= 0.6 is 0 Å². The number of carbonyl (C=O) groups is 3. The number of nitrogens with zero attached hydrogens (tertiary/aromatic N) is 3. The first-order chi connectivity index (χ1) is 18.4. The van der Waals surface area contributed by atoms with Crippen LogP contribution in [0.3, 0.4) is 0 Å². The van der Waals surface area contributed by atoms with Crippen LogP contribution in [0.4, 0.5) is 25.8 Å². The number of Topliss-reactive ketones (excluding diaryl/α,β-unsaturated/α-hetero) is 1. The van der Waals surface area contributed by atoms with Crippen molar-refractivity contribution in [2.45, 2.75) is 40.8 Å². The van der Waals surface area contributed by atoms with E-state index in [-0.39, 0.29) is 17.3 Å². The Labute approximate surface area is 224 Å². The van der Waals surface area contributed by atoms with E-state index >= 15 is 0 Å². The van der Waals surface area contributed by atoms with Gasteiger partial charge in [0.1, 0.15) is 28.9 Å². The highest BCUT2D eigenvalue weighted by Crippen LogP contribution is 2.55. The van der Waals surface area contributed by atoms with Gasteiger partial charge in [-0.25, -0.2) is 8.78 Å². The van der Waals surface area contributed by atoms with Crippen molar-refractivity contribution in [2.24, 2.45) is 10.8 Å². The highest BCUT2D eigenvalue weighted by atomic mass is 19.1. The Balaban J connectivity index is 1.69. The first kappa shape index (κ1) is 25.0. The Morgan fingerprint density at radius 1 is 0.744 bits per heavy atom. The third-order valence-corrected chi connectivity index (χ3v) is 7.98. The fourth-order valence-electron chi connectivity index (χ4n) is 5.77. The molecular weight excluding hydrogens is 500 g/mol. The number of fused-ring (bicyclic) bond motifs is 3. The van der Waals surface area contributed by atoms with Crippen molar-refractivity contribution < 1.29 is 23.2 Å². The van der Waals surface area contributed by atoms with Crippen molar-refractivity contribution in [3.63, 3.8) is 0 Å². The number of halogens is 2. The molecule has 0 radical (unpaired) electrons. The number of hydrogen-bond donors (Lipinski definition) is 0. The van der Waals surface area contributed by atoms with E-state index in [9.17, 15) is 23.2 Å². The molecule has 0 aliphatic carbocycles. The zero-order chi connectivity index (χ0) is 28.0. The van der Waals surface area contributed by atoms with Crippen LogP contribution in [-0.2, 0) is 9.59 Å². The lowest BCUT2D eigenvalue weighted by Crippen LogP contribution is -2.64. The van der Waals surface area contributed by atoms with Crippen LogP contribution in [0.2, 0.25) is 0 Å². The molecule has 1 aromatic heterocycles. The predicted octanol–water partition coefficient (Wildman–Crippen LogP) is 6.69. The van der Waals surface area contributed by atoms with E-state index in [4.69, 9.17) is 0 Å². The minimum absolute atomic E-state index is 0.122. The van der Waals surface area contributed by atoms with Gasteiger partial charge in [0.25, 0.3) is 0 Å². The second-order valence-electron chi connectivity index (χ2n) is 11.4. The number of ketones is 1. The van der Waals surface area contributed by atoms with Crippen molar-refractivity contribution in [3.8, 4) is 0 Å². The van der Waals surface area contributed by atoms with Gasteiger partial charge in [0.2, 0.25) is 11.8 Å². The number of rotatable bonds is 3. The van der Waals surface area contributed by atoms with Gasteiger partial charge in [-0.15, -0.1) is 0 Å². The molecule has 2 amide bonds. The molecule has 1 fully saturated rings. The summed E-state index contributed by atoms with van der Waals surface area (Å²) < 4.78 is 30.3. The predicted molar refractivity (Wildman–Crippen MR) is 145 cm³/mol. The van der Waals surface area contributed by atoms with Crippen molar-refractivity contribution >= 4 is 45.6 Å². The summed E-state index contributed by atoms with van der Waals surface area (Å²) in [4.78, 5) is 44.5. The van der Waals surface area contributed by atoms with Gasteiger partial charge in [-0.1, -0.05) is 17.7 Å². The SMILES string of the molecule is Cc1ccc(N2C(=O)C(C)(C)C2n2c3c(c4cc(F)ccc42)N(c2ccc(F)cc2)C(=O)C(C)(C)C3=O)cc1. The third kappa shape index (κ3) is 3.33. The Bertz CT molecular complexity index is 1700. The molecule has 0 bridgehead atoms. The molecule has 0 saturated carbocycles. The molecule has 1 unspecified atom stereocenters. The zero-order valence-electron chi connectivity index (χ0n) is 22.3. The molecular formula is C31H27F2N3O3. The molecule has 39 heavy (non-hydrogen) atoms. The number of aromatic nitrogens is 1. The normalized spacial score (nSPS) is 19.9. The first-order valence-electron chi connectivity index (χ1n) is 12.7. The van der Waals surface area contributed by atoms with Gasteiger partial charge in [-0.2, -0.15) is 0 Å². The second-order valence-corrected chi connectivity index (χ2v) is 11.4. The van der Waals surface area contributed by atoms with Gasteiger partial charge in [0.05, 0.1) is 16.6 Å². The van der Waals surface area contributed by atoms with E-state index in [1.807, 2.05) is 45.0 Å². The molecule has 8 heteroatoms. The van der Waals surface area contributed by atoms with Crippen molar-refractivity contribution in [1.82, 2.24) is 4.57 Å². The highest BCUT2D eigenvalue weighted by Gasteiger charge is 2.59. The Hall–Kier alpha value is -4.33. The molecule has 0 spiro atoms. The van der Waals surface area contributed by atoms with E-state index in [1.165, 1.54) is 41.3 Å². The van der Waals surface area contributed by atoms with E-state index in [0.29, 0.717) is 22.3 Å². The maximum Gasteiger partial charge on any atom is 0.245 e. The van der Waals surface area contributed by atoms with Crippen LogP contribution in [0.25, 0.3) is 10.9 Å². The topological polar surface area (TPSA) is 62.6 Å². The maximum absolute atomic E-state index is 14.7.